The summed E-state index contributed by atoms with van der Waals surface area (Å²) in [6, 6.07) is 0. The van der Waals surface area contributed by atoms with Gasteiger partial charge in [-0.3, -0.25) is 9.05 Å². The van der Waals surface area contributed by atoms with E-state index < -0.39 is 14.2 Å². The zero-order valence-corrected chi connectivity index (χ0v) is 13.1. The number of nitrogens with zero attached hydrogens (tertiary/aromatic N) is 2. The Balaban J connectivity index is 2.67. The molecule has 1 unspecified atom stereocenters. The fourth-order valence-electron chi connectivity index (χ4n) is 1.76. The van der Waals surface area contributed by atoms with Crippen LogP contribution in [0, 0.1) is 0 Å². The Labute approximate surface area is 115 Å². The Hall–Kier alpha value is -0.550. The molecule has 0 saturated heterocycles. The maximum atomic E-state index is 12.4. The van der Waals surface area contributed by atoms with Crippen LogP contribution in [0.2, 0.25) is 0 Å². The van der Waals surface area contributed by atoms with E-state index >= 15 is 0 Å². The molecule has 1 rings (SSSR count). The number of unbranched alkanes of at least 4 members (excludes halogenated alkanes) is 1. The molecule has 1 aliphatic heterocycles. The first-order chi connectivity index (χ1) is 9.06. The van der Waals surface area contributed by atoms with Crippen molar-refractivity contribution in [3.63, 3.8) is 0 Å². The molecule has 1 atom stereocenters. The lowest BCUT2D eigenvalue weighted by atomic mass is 10.3. The van der Waals surface area contributed by atoms with Gasteiger partial charge in [0.2, 0.25) is 6.35 Å². The summed E-state index contributed by atoms with van der Waals surface area (Å²) in [5, 5.41) is 0. The van der Waals surface area contributed by atoms with Crippen molar-refractivity contribution in [3.05, 3.63) is 12.4 Å². The second-order valence-electron chi connectivity index (χ2n) is 4.27. The van der Waals surface area contributed by atoms with E-state index in [1.165, 1.54) is 0 Å². The maximum absolute atomic E-state index is 12.4. The quantitative estimate of drug-likeness (QED) is 0.609. The van der Waals surface area contributed by atoms with Gasteiger partial charge in [0.15, 0.2) is 0 Å². The monoisotopic (exact) mass is 292 g/mol. The summed E-state index contributed by atoms with van der Waals surface area (Å²) in [6.07, 6.45) is 5.53. The van der Waals surface area contributed by atoms with E-state index in [-0.39, 0.29) is 13.2 Å². The molecule has 112 valence electrons. The fourth-order valence-corrected chi connectivity index (χ4v) is 3.09. The average Bonchev–Trinajstić information content (AvgIpc) is 2.69. The topological polar surface area (TPSA) is 51.2 Å². The molecule has 7 heteroatoms. The predicted molar refractivity (Wildman–Crippen MR) is 74.2 cm³/mol. The molecule has 0 aliphatic carbocycles. The van der Waals surface area contributed by atoms with Crippen LogP contribution in [0.25, 0.3) is 0 Å². The largest absolute Gasteiger partial charge is 0.478 e. The van der Waals surface area contributed by atoms with Crippen LogP contribution in [0.1, 0.15) is 33.6 Å². The Morgan fingerprint density at radius 3 is 2.32 bits per heavy atom. The van der Waals surface area contributed by atoms with E-state index in [9.17, 15) is 4.57 Å². The van der Waals surface area contributed by atoms with Crippen LogP contribution in [-0.2, 0) is 18.1 Å². The van der Waals surface area contributed by atoms with Gasteiger partial charge in [0.05, 0.1) is 13.2 Å². The highest BCUT2D eigenvalue weighted by atomic mass is 31.2. The Morgan fingerprint density at radius 2 is 1.79 bits per heavy atom. The van der Waals surface area contributed by atoms with Crippen molar-refractivity contribution in [2.45, 2.75) is 40.0 Å². The molecule has 0 aromatic rings. The van der Waals surface area contributed by atoms with Gasteiger partial charge in [0, 0.05) is 26.0 Å². The van der Waals surface area contributed by atoms with E-state index in [4.69, 9.17) is 13.6 Å². The lowest BCUT2D eigenvalue weighted by Crippen LogP contribution is -2.39. The van der Waals surface area contributed by atoms with Crippen molar-refractivity contribution >= 4 is 7.82 Å². The first kappa shape index (κ1) is 16.5. The zero-order valence-electron chi connectivity index (χ0n) is 12.2. The van der Waals surface area contributed by atoms with Gasteiger partial charge in [-0.05, 0) is 20.3 Å². The van der Waals surface area contributed by atoms with Crippen molar-refractivity contribution in [2.24, 2.45) is 0 Å². The minimum atomic E-state index is -3.50. The second-order valence-corrected chi connectivity index (χ2v) is 5.89. The standard InChI is InChI=1S/C12H25N2O4P/c1-5-8-9-14-11-10-13(4)12(14)18-19(15,16-6-2)17-7-3/h10-12H,5-9H2,1-4H3. The Bertz CT molecular complexity index is 328. The van der Waals surface area contributed by atoms with Gasteiger partial charge < -0.3 is 9.80 Å². The van der Waals surface area contributed by atoms with Gasteiger partial charge in [0.1, 0.15) is 0 Å². The van der Waals surface area contributed by atoms with Gasteiger partial charge in [0.25, 0.3) is 0 Å². The van der Waals surface area contributed by atoms with E-state index in [1.807, 2.05) is 29.2 Å². The van der Waals surface area contributed by atoms with Gasteiger partial charge in [-0.15, -0.1) is 0 Å². The van der Waals surface area contributed by atoms with E-state index in [1.54, 1.807) is 13.8 Å². The fraction of sp³-hybridized carbons (Fsp3) is 0.833. The minimum absolute atomic E-state index is 0.288. The molecule has 0 fully saturated rings. The van der Waals surface area contributed by atoms with Crippen molar-refractivity contribution < 1.29 is 18.1 Å². The van der Waals surface area contributed by atoms with Crippen molar-refractivity contribution in [1.29, 1.82) is 0 Å². The highest BCUT2D eigenvalue weighted by molar-refractivity contribution is 7.48. The third-order valence-corrected chi connectivity index (χ3v) is 4.29. The van der Waals surface area contributed by atoms with Crippen LogP contribution in [-0.4, -0.2) is 43.0 Å². The molecular formula is C12H25N2O4P. The first-order valence-corrected chi connectivity index (χ1v) is 8.25. The summed E-state index contributed by atoms with van der Waals surface area (Å²) in [6.45, 7) is 7.08. The third-order valence-electron chi connectivity index (χ3n) is 2.69. The highest BCUT2D eigenvalue weighted by Gasteiger charge is 2.35. The third kappa shape index (κ3) is 4.80. The second kappa shape index (κ2) is 7.90. The van der Waals surface area contributed by atoms with Gasteiger partial charge >= 0.3 is 7.82 Å². The molecule has 19 heavy (non-hydrogen) atoms. The Kier molecular flexibility index (Phi) is 6.86. The molecule has 0 aromatic carbocycles. The van der Waals surface area contributed by atoms with Crippen LogP contribution in [0.4, 0.5) is 0 Å². The molecular weight excluding hydrogens is 267 g/mol. The van der Waals surface area contributed by atoms with E-state index in [2.05, 4.69) is 6.92 Å². The number of hydrogen-bond donors (Lipinski definition) is 0. The number of rotatable bonds is 9. The number of phosphoric ester groups is 1. The first-order valence-electron chi connectivity index (χ1n) is 6.79. The molecule has 0 spiro atoms. The summed E-state index contributed by atoms with van der Waals surface area (Å²) in [4.78, 5) is 3.84. The molecule has 6 nitrogen and oxygen atoms in total. The van der Waals surface area contributed by atoms with Crippen molar-refractivity contribution in [2.75, 3.05) is 26.8 Å². The zero-order chi connectivity index (χ0) is 14.3. The van der Waals surface area contributed by atoms with E-state index in [0.717, 1.165) is 19.4 Å². The van der Waals surface area contributed by atoms with Gasteiger partial charge in [-0.2, -0.15) is 0 Å². The summed E-state index contributed by atoms with van der Waals surface area (Å²) in [5.74, 6) is 0. The normalized spacial score (nSPS) is 19.5. The van der Waals surface area contributed by atoms with Gasteiger partial charge in [-0.25, -0.2) is 9.09 Å². The summed E-state index contributed by atoms with van der Waals surface area (Å²) >= 11 is 0. The molecule has 1 aliphatic rings. The lowest BCUT2D eigenvalue weighted by molar-refractivity contribution is -0.0447. The molecule has 0 saturated carbocycles. The van der Waals surface area contributed by atoms with Crippen molar-refractivity contribution in [3.8, 4) is 0 Å². The minimum Gasteiger partial charge on any atom is -0.337 e. The Morgan fingerprint density at radius 1 is 1.16 bits per heavy atom. The molecule has 0 amide bonds. The average molecular weight is 292 g/mol. The smallest absolute Gasteiger partial charge is 0.337 e. The SMILES string of the molecule is CCCCN1C=CN(C)C1OP(=O)(OCC)OCC. The van der Waals surface area contributed by atoms with Crippen LogP contribution >= 0.6 is 7.82 Å². The molecule has 1 heterocycles. The number of hydrogen-bond acceptors (Lipinski definition) is 6. The predicted octanol–water partition coefficient (Wildman–Crippen LogP) is 2.99. The summed E-state index contributed by atoms with van der Waals surface area (Å²) < 4.78 is 28.3. The summed E-state index contributed by atoms with van der Waals surface area (Å²) in [7, 11) is -1.63. The molecule has 0 radical (unpaired) electrons. The maximum Gasteiger partial charge on any atom is 0.478 e. The van der Waals surface area contributed by atoms with Crippen molar-refractivity contribution in [1.82, 2.24) is 9.80 Å². The van der Waals surface area contributed by atoms with E-state index in [0.29, 0.717) is 0 Å². The van der Waals surface area contributed by atoms with Crippen LogP contribution < -0.4 is 0 Å². The highest BCUT2D eigenvalue weighted by Crippen LogP contribution is 2.51. The molecule has 0 aromatic heterocycles. The van der Waals surface area contributed by atoms with Crippen LogP contribution in [0.3, 0.4) is 0 Å². The van der Waals surface area contributed by atoms with Crippen LogP contribution in [0.15, 0.2) is 12.4 Å². The van der Waals surface area contributed by atoms with Crippen LogP contribution in [0.5, 0.6) is 0 Å². The van der Waals surface area contributed by atoms with Gasteiger partial charge in [-0.1, -0.05) is 13.3 Å². The molecule has 0 bridgehead atoms. The lowest BCUT2D eigenvalue weighted by Gasteiger charge is -2.31. The number of phosphoric acid groups is 1. The summed E-state index contributed by atoms with van der Waals surface area (Å²) in [5.41, 5.74) is 0. The molecule has 0 N–H and O–H groups in total.